The SMILES string of the molecule is CCCN(CCC)c1cc(=O)n2cccc(-c3ccc(N)c4c3sc3ccccc34)c2n1. The van der Waals surface area contributed by atoms with Crippen LogP contribution in [0.5, 0.6) is 0 Å². The zero-order valence-electron chi connectivity index (χ0n) is 18.3. The Morgan fingerprint density at radius 2 is 1.78 bits per heavy atom. The zero-order chi connectivity index (χ0) is 22.2. The van der Waals surface area contributed by atoms with Crippen LogP contribution >= 0.6 is 11.3 Å². The van der Waals surface area contributed by atoms with Gasteiger partial charge in [-0.25, -0.2) is 4.98 Å². The highest BCUT2D eigenvalue weighted by Crippen LogP contribution is 2.43. The molecule has 2 aromatic carbocycles. The van der Waals surface area contributed by atoms with E-state index in [4.69, 9.17) is 10.7 Å². The molecular formula is C26H26N4OS. The summed E-state index contributed by atoms with van der Waals surface area (Å²) in [5.41, 5.74) is 9.78. The molecule has 5 rings (SSSR count). The molecule has 0 bridgehead atoms. The minimum atomic E-state index is -0.0629. The molecule has 0 aliphatic rings. The lowest BCUT2D eigenvalue weighted by molar-refractivity contribution is 0.732. The van der Waals surface area contributed by atoms with E-state index in [1.165, 1.54) is 4.70 Å². The van der Waals surface area contributed by atoms with Gasteiger partial charge in [0.2, 0.25) is 0 Å². The Bertz CT molecular complexity index is 1500. The van der Waals surface area contributed by atoms with Crippen LogP contribution in [0, 0.1) is 0 Å². The number of hydrogen-bond donors (Lipinski definition) is 1. The van der Waals surface area contributed by atoms with Gasteiger partial charge in [-0.2, -0.15) is 0 Å². The largest absolute Gasteiger partial charge is 0.398 e. The first kappa shape index (κ1) is 20.5. The summed E-state index contributed by atoms with van der Waals surface area (Å²) < 4.78 is 3.97. The van der Waals surface area contributed by atoms with Crippen LogP contribution in [-0.2, 0) is 0 Å². The number of nitrogens with two attached hydrogens (primary N) is 1. The lowest BCUT2D eigenvalue weighted by atomic mass is 10.0. The first-order valence-electron chi connectivity index (χ1n) is 11.1. The maximum atomic E-state index is 13.0. The topological polar surface area (TPSA) is 63.6 Å². The molecule has 5 nitrogen and oxygen atoms in total. The first-order chi connectivity index (χ1) is 15.6. The number of rotatable bonds is 6. The monoisotopic (exact) mass is 442 g/mol. The molecule has 0 saturated carbocycles. The number of nitrogen functional groups attached to an aromatic ring is 1. The fourth-order valence-corrected chi connectivity index (χ4v) is 5.70. The third kappa shape index (κ3) is 3.31. The van der Waals surface area contributed by atoms with Gasteiger partial charge in [-0.05, 0) is 37.1 Å². The lowest BCUT2D eigenvalue weighted by Crippen LogP contribution is -2.28. The van der Waals surface area contributed by atoms with Crippen molar-refractivity contribution in [1.82, 2.24) is 9.38 Å². The number of benzene rings is 2. The third-order valence-electron chi connectivity index (χ3n) is 5.84. The summed E-state index contributed by atoms with van der Waals surface area (Å²) in [6.07, 6.45) is 3.80. The van der Waals surface area contributed by atoms with Crippen LogP contribution in [0.2, 0.25) is 0 Å². The molecule has 0 spiro atoms. The summed E-state index contributed by atoms with van der Waals surface area (Å²) in [6.45, 7) is 6.05. The fourth-order valence-electron chi connectivity index (χ4n) is 4.43. The standard InChI is InChI=1S/C26H26N4OS/c1-3-13-29(14-4-2)22-16-23(31)30-15-7-9-18(26(30)28-22)17-11-12-20(27)24-19-8-5-6-10-21(19)32-25(17)24/h5-12,15-16H,3-4,13-14,27H2,1-2H3. The molecule has 32 heavy (non-hydrogen) atoms. The zero-order valence-corrected chi connectivity index (χ0v) is 19.2. The van der Waals surface area contributed by atoms with Crippen molar-refractivity contribution in [3.63, 3.8) is 0 Å². The average molecular weight is 443 g/mol. The molecule has 6 heteroatoms. The van der Waals surface area contributed by atoms with Gasteiger partial charge in [-0.15, -0.1) is 11.3 Å². The second kappa shape index (κ2) is 8.28. The van der Waals surface area contributed by atoms with E-state index in [1.807, 2.05) is 24.3 Å². The average Bonchev–Trinajstić information content (AvgIpc) is 3.19. The normalized spacial score (nSPS) is 11.6. The van der Waals surface area contributed by atoms with E-state index in [-0.39, 0.29) is 5.56 Å². The van der Waals surface area contributed by atoms with Crippen molar-refractivity contribution in [2.45, 2.75) is 26.7 Å². The van der Waals surface area contributed by atoms with Crippen LogP contribution in [0.4, 0.5) is 11.5 Å². The summed E-state index contributed by atoms with van der Waals surface area (Å²) in [6, 6.07) is 18.0. The van der Waals surface area contributed by atoms with E-state index in [1.54, 1.807) is 28.0 Å². The summed E-state index contributed by atoms with van der Waals surface area (Å²) in [5.74, 6) is 0.745. The van der Waals surface area contributed by atoms with Crippen LogP contribution in [0.1, 0.15) is 26.7 Å². The molecule has 0 aliphatic carbocycles. The predicted octanol–water partition coefficient (Wildman–Crippen LogP) is 5.94. The van der Waals surface area contributed by atoms with Gasteiger partial charge in [0.05, 0.1) is 0 Å². The minimum absolute atomic E-state index is 0.0629. The highest BCUT2D eigenvalue weighted by atomic mass is 32.1. The van der Waals surface area contributed by atoms with E-state index in [2.05, 4.69) is 43.0 Å². The molecule has 0 aliphatic heterocycles. The molecule has 0 amide bonds. The van der Waals surface area contributed by atoms with Gasteiger partial charge in [0.1, 0.15) is 11.5 Å². The van der Waals surface area contributed by atoms with Crippen molar-refractivity contribution < 1.29 is 0 Å². The van der Waals surface area contributed by atoms with Gasteiger partial charge >= 0.3 is 0 Å². The number of thiophene rings is 1. The summed E-state index contributed by atoms with van der Waals surface area (Å²) in [5, 5.41) is 2.23. The van der Waals surface area contributed by atoms with E-state index in [9.17, 15) is 4.79 Å². The fraction of sp³-hybridized carbons (Fsp3) is 0.231. The Labute approximate surface area is 190 Å². The van der Waals surface area contributed by atoms with Gasteiger partial charge in [0.15, 0.2) is 0 Å². The van der Waals surface area contributed by atoms with Crippen LogP contribution in [0.25, 0.3) is 36.9 Å². The molecule has 0 saturated heterocycles. The smallest absolute Gasteiger partial charge is 0.259 e. The highest BCUT2D eigenvalue weighted by molar-refractivity contribution is 7.26. The molecule has 162 valence electrons. The van der Waals surface area contributed by atoms with Crippen LogP contribution in [-0.4, -0.2) is 22.5 Å². The third-order valence-corrected chi connectivity index (χ3v) is 7.04. The molecule has 0 fully saturated rings. The van der Waals surface area contributed by atoms with E-state index < -0.39 is 0 Å². The summed E-state index contributed by atoms with van der Waals surface area (Å²) in [7, 11) is 0. The number of hydrogen-bond acceptors (Lipinski definition) is 5. The Kier molecular flexibility index (Phi) is 5.31. The molecular weight excluding hydrogens is 416 g/mol. The summed E-state index contributed by atoms with van der Waals surface area (Å²) in [4.78, 5) is 20.2. The quantitative estimate of drug-likeness (QED) is 0.331. The number of aromatic nitrogens is 2. The van der Waals surface area contributed by atoms with Crippen molar-refractivity contribution in [2.75, 3.05) is 23.7 Å². The summed E-state index contributed by atoms with van der Waals surface area (Å²) >= 11 is 1.73. The molecule has 2 N–H and O–H groups in total. The Morgan fingerprint density at radius 1 is 1.00 bits per heavy atom. The van der Waals surface area contributed by atoms with Crippen molar-refractivity contribution in [3.05, 3.63) is 71.1 Å². The van der Waals surface area contributed by atoms with Gasteiger partial charge in [0, 0.05) is 62.3 Å². The second-order valence-electron chi connectivity index (χ2n) is 8.06. The van der Waals surface area contributed by atoms with E-state index >= 15 is 0 Å². The Hall–Kier alpha value is -3.38. The van der Waals surface area contributed by atoms with Crippen molar-refractivity contribution in [3.8, 4) is 11.1 Å². The van der Waals surface area contributed by atoms with E-state index in [0.717, 1.165) is 64.0 Å². The lowest BCUT2D eigenvalue weighted by Gasteiger charge is -2.23. The molecule has 3 heterocycles. The molecule has 5 aromatic rings. The van der Waals surface area contributed by atoms with E-state index in [0.29, 0.717) is 5.65 Å². The maximum Gasteiger partial charge on any atom is 0.259 e. The number of anilines is 2. The molecule has 0 atom stereocenters. The predicted molar refractivity (Wildman–Crippen MR) is 137 cm³/mol. The highest BCUT2D eigenvalue weighted by Gasteiger charge is 2.17. The van der Waals surface area contributed by atoms with Gasteiger partial charge in [-0.3, -0.25) is 9.20 Å². The van der Waals surface area contributed by atoms with Crippen molar-refractivity contribution >= 4 is 48.7 Å². The van der Waals surface area contributed by atoms with Crippen molar-refractivity contribution in [1.29, 1.82) is 0 Å². The van der Waals surface area contributed by atoms with Crippen LogP contribution < -0.4 is 16.2 Å². The first-order valence-corrected chi connectivity index (χ1v) is 11.9. The Morgan fingerprint density at radius 3 is 2.56 bits per heavy atom. The van der Waals surface area contributed by atoms with Gasteiger partial charge in [0.25, 0.3) is 5.56 Å². The molecule has 3 aromatic heterocycles. The molecule has 0 unspecified atom stereocenters. The van der Waals surface area contributed by atoms with Crippen molar-refractivity contribution in [2.24, 2.45) is 0 Å². The second-order valence-corrected chi connectivity index (χ2v) is 9.11. The van der Waals surface area contributed by atoms with Crippen LogP contribution in [0.15, 0.2) is 65.6 Å². The maximum absolute atomic E-state index is 13.0. The number of nitrogens with zero attached hydrogens (tertiary/aromatic N) is 3. The molecule has 0 radical (unpaired) electrons. The Balaban J connectivity index is 1.81. The number of pyridine rings is 1. The number of fused-ring (bicyclic) bond motifs is 4. The van der Waals surface area contributed by atoms with Gasteiger partial charge < -0.3 is 10.6 Å². The van der Waals surface area contributed by atoms with Crippen LogP contribution in [0.3, 0.4) is 0 Å². The minimum Gasteiger partial charge on any atom is -0.398 e. The van der Waals surface area contributed by atoms with Gasteiger partial charge in [-0.1, -0.05) is 38.1 Å².